The highest BCUT2D eigenvalue weighted by atomic mass is 35.7. The van der Waals surface area contributed by atoms with E-state index in [0.29, 0.717) is 5.76 Å². The van der Waals surface area contributed by atoms with Gasteiger partial charge in [0.25, 0.3) is 9.05 Å². The smallest absolute Gasteiger partial charge is 0.261 e. The first-order chi connectivity index (χ1) is 10.5. The third-order valence-corrected chi connectivity index (χ3v) is 4.70. The molecular formula is C16H12ClNO3S. The number of rotatable bonds is 3. The van der Waals surface area contributed by atoms with Gasteiger partial charge in [0.1, 0.15) is 11.5 Å². The molecule has 2 aromatic carbocycles. The Morgan fingerprint density at radius 1 is 0.955 bits per heavy atom. The molecule has 3 aromatic rings. The van der Waals surface area contributed by atoms with Crippen molar-refractivity contribution in [1.82, 2.24) is 5.16 Å². The lowest BCUT2D eigenvalue weighted by molar-refractivity contribution is 0.400. The Balaban J connectivity index is 2.12. The molecule has 0 aliphatic heterocycles. The van der Waals surface area contributed by atoms with Crippen molar-refractivity contribution in [1.29, 1.82) is 0 Å². The number of hydrogen-bond acceptors (Lipinski definition) is 4. The van der Waals surface area contributed by atoms with E-state index in [1.807, 2.05) is 37.3 Å². The Labute approximate surface area is 132 Å². The highest BCUT2D eigenvalue weighted by molar-refractivity contribution is 8.13. The second-order valence-corrected chi connectivity index (χ2v) is 7.36. The molecule has 6 heteroatoms. The van der Waals surface area contributed by atoms with Crippen molar-refractivity contribution in [2.75, 3.05) is 0 Å². The summed E-state index contributed by atoms with van der Waals surface area (Å²) in [5, 5.41) is 4.11. The first kappa shape index (κ1) is 14.8. The van der Waals surface area contributed by atoms with Gasteiger partial charge in [0.15, 0.2) is 0 Å². The van der Waals surface area contributed by atoms with E-state index >= 15 is 0 Å². The summed E-state index contributed by atoms with van der Waals surface area (Å²) in [5.74, 6) is 0.667. The van der Waals surface area contributed by atoms with Crippen molar-refractivity contribution in [3.8, 4) is 22.4 Å². The molecule has 0 atom stereocenters. The average molecular weight is 337 g/mol. The van der Waals surface area contributed by atoms with Gasteiger partial charge in [0.05, 0.1) is 10.5 Å². The van der Waals surface area contributed by atoms with Gasteiger partial charge in [-0.25, -0.2) is 8.42 Å². The number of benzene rings is 2. The van der Waals surface area contributed by atoms with E-state index in [4.69, 9.17) is 15.2 Å². The zero-order valence-electron chi connectivity index (χ0n) is 11.7. The normalized spacial score (nSPS) is 11.5. The lowest BCUT2D eigenvalue weighted by atomic mass is 10.0. The highest BCUT2D eigenvalue weighted by Crippen LogP contribution is 2.34. The molecule has 0 N–H and O–H groups in total. The molecule has 22 heavy (non-hydrogen) atoms. The minimum absolute atomic E-state index is 0.0632. The van der Waals surface area contributed by atoms with Gasteiger partial charge in [-0.05, 0) is 24.6 Å². The topological polar surface area (TPSA) is 60.2 Å². The standard InChI is InChI=1S/C16H12ClNO3S/c1-11-15(12-7-9-14(10-8-12)22(17,19)20)16(18-21-11)13-5-3-2-4-6-13/h2-10H,1H3/i1+1,11+1,18+1. The minimum Gasteiger partial charge on any atom is -0.360 e. The van der Waals surface area contributed by atoms with E-state index < -0.39 is 9.05 Å². The zero-order chi connectivity index (χ0) is 15.7. The van der Waals surface area contributed by atoms with E-state index in [2.05, 4.69) is 5.16 Å². The quantitative estimate of drug-likeness (QED) is 0.530. The van der Waals surface area contributed by atoms with Gasteiger partial charge < -0.3 is 4.52 Å². The number of hydrogen-bond donors (Lipinski definition) is 0. The van der Waals surface area contributed by atoms with Crippen molar-refractivity contribution < 1.29 is 12.9 Å². The van der Waals surface area contributed by atoms with Crippen LogP contribution in [0.4, 0.5) is 0 Å². The van der Waals surface area contributed by atoms with Crippen molar-refractivity contribution in [2.45, 2.75) is 11.8 Å². The van der Waals surface area contributed by atoms with Gasteiger partial charge in [0.2, 0.25) is 0 Å². The SMILES string of the molecule is [13CH3][13c]1o[15n]c(-c2ccccc2)c1-c1ccc(S(=O)(=O)Cl)cc1. The monoisotopic (exact) mass is 336 g/mol. The Bertz CT molecular complexity index is 900. The summed E-state index contributed by atoms with van der Waals surface area (Å²) in [5.41, 5.74) is 3.31. The van der Waals surface area contributed by atoms with Gasteiger partial charge in [-0.1, -0.05) is 47.6 Å². The van der Waals surface area contributed by atoms with Crippen LogP contribution in [0.2, 0.25) is 0 Å². The van der Waals surface area contributed by atoms with Crippen LogP contribution >= 0.6 is 10.7 Å². The van der Waals surface area contributed by atoms with E-state index in [1.54, 1.807) is 12.1 Å². The fraction of sp³-hybridized carbons (Fsp3) is 0.0625. The van der Waals surface area contributed by atoms with Gasteiger partial charge >= 0.3 is 0 Å². The molecule has 112 valence electrons. The van der Waals surface area contributed by atoms with Gasteiger partial charge in [-0.15, -0.1) is 0 Å². The maximum Gasteiger partial charge on any atom is 0.261 e. The molecule has 1 heterocycles. The third kappa shape index (κ3) is 2.77. The molecule has 4 nitrogen and oxygen atoms in total. The molecule has 0 amide bonds. The van der Waals surface area contributed by atoms with Crippen molar-refractivity contribution in [3.63, 3.8) is 0 Å². The Morgan fingerprint density at radius 2 is 1.59 bits per heavy atom. The fourth-order valence-corrected chi connectivity index (χ4v) is 3.06. The van der Waals surface area contributed by atoms with Crippen LogP contribution < -0.4 is 0 Å². The summed E-state index contributed by atoms with van der Waals surface area (Å²) < 4.78 is 27.9. The molecule has 1 aromatic heterocycles. The second-order valence-electron chi connectivity index (χ2n) is 4.79. The van der Waals surface area contributed by atoms with Crippen LogP contribution in [0.1, 0.15) is 5.76 Å². The molecule has 3 rings (SSSR count). The first-order valence-corrected chi connectivity index (χ1v) is 8.84. The summed E-state index contributed by atoms with van der Waals surface area (Å²) in [4.78, 5) is 0.0632. The molecule has 0 unspecified atom stereocenters. The molecule has 0 spiro atoms. The van der Waals surface area contributed by atoms with Crippen LogP contribution in [0.25, 0.3) is 22.4 Å². The molecule has 0 radical (unpaired) electrons. The largest absolute Gasteiger partial charge is 0.360 e. The lowest BCUT2D eigenvalue weighted by Gasteiger charge is -2.04. The van der Waals surface area contributed by atoms with Gasteiger partial charge in [-0.2, -0.15) is 0 Å². The number of nitrogens with zero attached hydrogens (tertiary/aromatic N) is 1. The van der Waals surface area contributed by atoms with Crippen LogP contribution in [-0.4, -0.2) is 13.6 Å². The van der Waals surface area contributed by atoms with Crippen molar-refractivity contribution >= 4 is 19.7 Å². The number of aryl methyl sites for hydroxylation is 1. The number of halogens is 1. The molecule has 0 fully saturated rings. The Morgan fingerprint density at radius 3 is 2.18 bits per heavy atom. The number of aromatic nitrogens is 1. The minimum atomic E-state index is -3.73. The van der Waals surface area contributed by atoms with E-state index in [-0.39, 0.29) is 4.90 Å². The molecule has 0 aliphatic carbocycles. The summed E-state index contributed by atoms with van der Waals surface area (Å²) in [7, 11) is 1.61. The maximum absolute atomic E-state index is 11.3. The summed E-state index contributed by atoms with van der Waals surface area (Å²) in [6.07, 6.45) is 0. The molecule has 0 aliphatic rings. The summed E-state index contributed by atoms with van der Waals surface area (Å²) in [6, 6.07) is 16.0. The second kappa shape index (κ2) is 5.59. The first-order valence-electron chi connectivity index (χ1n) is 6.53. The van der Waals surface area contributed by atoms with Crippen molar-refractivity contribution in [3.05, 3.63) is 60.4 Å². The van der Waals surface area contributed by atoms with Crippen LogP contribution in [0.15, 0.2) is 64.0 Å². The van der Waals surface area contributed by atoms with Gasteiger partial charge in [-0.3, -0.25) is 0 Å². The molecular weight excluding hydrogens is 325 g/mol. The highest BCUT2D eigenvalue weighted by Gasteiger charge is 2.17. The lowest BCUT2D eigenvalue weighted by Crippen LogP contribution is -1.90. The zero-order valence-corrected chi connectivity index (χ0v) is 13.2. The predicted molar refractivity (Wildman–Crippen MR) is 85.2 cm³/mol. The molecule has 0 saturated heterocycles. The van der Waals surface area contributed by atoms with Crippen LogP contribution in [0, 0.1) is 6.92 Å². The summed E-state index contributed by atoms with van der Waals surface area (Å²) >= 11 is 0. The van der Waals surface area contributed by atoms with Crippen LogP contribution in [0.5, 0.6) is 0 Å². The van der Waals surface area contributed by atoms with E-state index in [0.717, 1.165) is 22.4 Å². The molecule has 0 bridgehead atoms. The Kier molecular flexibility index (Phi) is 3.76. The van der Waals surface area contributed by atoms with Gasteiger partial charge in [0, 0.05) is 16.2 Å². The average Bonchev–Trinajstić information content (AvgIpc) is 2.89. The van der Waals surface area contributed by atoms with Crippen molar-refractivity contribution in [2.24, 2.45) is 0 Å². The van der Waals surface area contributed by atoms with E-state index in [1.165, 1.54) is 12.1 Å². The fourth-order valence-electron chi connectivity index (χ4n) is 2.29. The van der Waals surface area contributed by atoms with Crippen LogP contribution in [-0.2, 0) is 9.05 Å². The third-order valence-electron chi connectivity index (χ3n) is 3.33. The van der Waals surface area contributed by atoms with Crippen LogP contribution in [0.3, 0.4) is 0 Å². The Hall–Kier alpha value is -2.11. The molecule has 0 saturated carbocycles. The maximum atomic E-state index is 11.3. The summed E-state index contributed by atoms with van der Waals surface area (Å²) in [6.45, 7) is 1.82. The predicted octanol–water partition coefficient (Wildman–Crippen LogP) is 4.24. The van der Waals surface area contributed by atoms with E-state index in [9.17, 15) is 8.42 Å².